The van der Waals surface area contributed by atoms with Crippen molar-refractivity contribution in [2.45, 2.75) is 51.6 Å². The summed E-state index contributed by atoms with van der Waals surface area (Å²) in [7, 11) is 0. The molecule has 1 aliphatic rings. The maximum absolute atomic E-state index is 11.9. The third kappa shape index (κ3) is 4.87. The third-order valence-electron chi connectivity index (χ3n) is 5.69. The molecule has 142 valence electrons. The van der Waals surface area contributed by atoms with Gasteiger partial charge in [-0.25, -0.2) is 4.79 Å². The van der Waals surface area contributed by atoms with Gasteiger partial charge in [0, 0.05) is 12.3 Å². The fraction of sp³-hybridized carbons (Fsp3) is 0.591. The van der Waals surface area contributed by atoms with Gasteiger partial charge in [0.15, 0.2) is 5.60 Å². The topological polar surface area (TPSA) is 60.8 Å². The van der Waals surface area contributed by atoms with E-state index in [1.54, 1.807) is 24.3 Å². The monoisotopic (exact) mass is 357 g/mol. The molecule has 0 heterocycles. The van der Waals surface area contributed by atoms with E-state index >= 15 is 0 Å². The molecule has 2 rings (SSSR count). The second kappa shape index (κ2) is 9.75. The van der Waals surface area contributed by atoms with Crippen LogP contribution in [0.15, 0.2) is 30.3 Å². The number of aliphatic hydroxyl groups is 1. The Morgan fingerprint density at radius 1 is 1.12 bits per heavy atom. The molecular weight excluding hydrogens is 326 g/mol. The Bertz CT molecular complexity index is 622. The number of carboxylic acids is 1. The van der Waals surface area contributed by atoms with E-state index in [1.165, 1.54) is 0 Å². The Labute approximate surface area is 157 Å². The van der Waals surface area contributed by atoms with Gasteiger partial charge < -0.3 is 10.2 Å². The van der Waals surface area contributed by atoms with E-state index in [9.17, 15) is 15.0 Å². The first kappa shape index (κ1) is 20.5. The van der Waals surface area contributed by atoms with Gasteiger partial charge in [0.25, 0.3) is 0 Å². The summed E-state index contributed by atoms with van der Waals surface area (Å²) in [6.07, 6.45) is 4.16. The largest absolute Gasteiger partial charge is 0.479 e. The molecule has 0 aromatic heterocycles. The van der Waals surface area contributed by atoms with Gasteiger partial charge in [-0.15, -0.1) is 5.92 Å². The van der Waals surface area contributed by atoms with Crippen molar-refractivity contribution < 1.29 is 15.0 Å². The van der Waals surface area contributed by atoms with Gasteiger partial charge in [0.2, 0.25) is 0 Å². The molecule has 0 amide bonds. The summed E-state index contributed by atoms with van der Waals surface area (Å²) in [6, 6.07) is 8.80. The maximum Gasteiger partial charge on any atom is 0.340 e. The summed E-state index contributed by atoms with van der Waals surface area (Å²) in [5, 5.41) is 20.7. The average Bonchev–Trinajstić information content (AvgIpc) is 2.68. The van der Waals surface area contributed by atoms with Gasteiger partial charge in [-0.1, -0.05) is 50.1 Å². The van der Waals surface area contributed by atoms with Crippen molar-refractivity contribution in [1.29, 1.82) is 0 Å². The van der Waals surface area contributed by atoms with Crippen LogP contribution in [-0.2, 0) is 10.4 Å². The van der Waals surface area contributed by atoms with Gasteiger partial charge in [0.05, 0.1) is 6.54 Å². The fourth-order valence-corrected chi connectivity index (χ4v) is 3.84. The van der Waals surface area contributed by atoms with E-state index in [2.05, 4.69) is 30.6 Å². The van der Waals surface area contributed by atoms with Crippen LogP contribution in [0.3, 0.4) is 0 Å². The molecule has 0 unspecified atom stereocenters. The van der Waals surface area contributed by atoms with Crippen LogP contribution < -0.4 is 0 Å². The molecule has 26 heavy (non-hydrogen) atoms. The van der Waals surface area contributed by atoms with Crippen LogP contribution in [0.4, 0.5) is 0 Å². The minimum absolute atomic E-state index is 0.248. The van der Waals surface area contributed by atoms with Crippen molar-refractivity contribution >= 4 is 5.97 Å². The fourth-order valence-electron chi connectivity index (χ4n) is 3.84. The minimum atomic E-state index is -1.79. The molecule has 4 heteroatoms. The highest BCUT2D eigenvalue weighted by atomic mass is 16.4. The minimum Gasteiger partial charge on any atom is -0.479 e. The first-order chi connectivity index (χ1) is 12.5. The van der Waals surface area contributed by atoms with Crippen molar-refractivity contribution in [2.24, 2.45) is 11.8 Å². The summed E-state index contributed by atoms with van der Waals surface area (Å²) in [4.78, 5) is 14.1. The summed E-state index contributed by atoms with van der Waals surface area (Å²) < 4.78 is 0. The normalized spacial score (nSPS) is 22.3. The lowest BCUT2D eigenvalue weighted by molar-refractivity contribution is -0.169. The molecule has 2 N–H and O–H groups in total. The molecule has 0 aliphatic heterocycles. The van der Waals surface area contributed by atoms with E-state index in [0.29, 0.717) is 11.5 Å². The SMILES string of the molecule is CCN(CC)CC#CCC1CCC([C@@](O)(C(=O)O)c2ccccc2)CC1. The van der Waals surface area contributed by atoms with Crippen LogP contribution in [0, 0.1) is 23.7 Å². The highest BCUT2D eigenvalue weighted by Crippen LogP contribution is 2.42. The second-order valence-electron chi connectivity index (χ2n) is 7.17. The molecule has 4 nitrogen and oxygen atoms in total. The number of nitrogens with zero attached hydrogens (tertiary/aromatic N) is 1. The van der Waals surface area contributed by atoms with E-state index < -0.39 is 11.6 Å². The number of rotatable bonds is 7. The van der Waals surface area contributed by atoms with Gasteiger partial charge in [-0.3, -0.25) is 4.90 Å². The lowest BCUT2D eigenvalue weighted by atomic mass is 9.70. The number of hydrogen-bond acceptors (Lipinski definition) is 3. The first-order valence-electron chi connectivity index (χ1n) is 9.71. The molecule has 1 aromatic rings. The molecule has 1 atom stereocenters. The molecule has 1 fully saturated rings. The molecule has 1 aromatic carbocycles. The second-order valence-corrected chi connectivity index (χ2v) is 7.17. The molecule has 0 bridgehead atoms. The van der Waals surface area contributed by atoms with Gasteiger partial charge in [-0.05, 0) is 50.3 Å². The molecule has 0 saturated heterocycles. The van der Waals surface area contributed by atoms with Crippen molar-refractivity contribution in [2.75, 3.05) is 19.6 Å². The van der Waals surface area contributed by atoms with Crippen LogP contribution in [0.1, 0.15) is 51.5 Å². The summed E-state index contributed by atoms with van der Waals surface area (Å²) in [5.74, 6) is 5.65. The van der Waals surface area contributed by atoms with Crippen molar-refractivity contribution in [3.05, 3.63) is 35.9 Å². The quantitative estimate of drug-likeness (QED) is 0.733. The number of carboxylic acid groups (broad SMARTS) is 1. The third-order valence-corrected chi connectivity index (χ3v) is 5.69. The Kier molecular flexibility index (Phi) is 7.68. The Morgan fingerprint density at radius 2 is 1.73 bits per heavy atom. The summed E-state index contributed by atoms with van der Waals surface area (Å²) in [6.45, 7) is 7.13. The number of hydrogen-bond donors (Lipinski definition) is 2. The zero-order valence-electron chi connectivity index (χ0n) is 15.9. The number of benzene rings is 1. The molecule has 0 radical (unpaired) electrons. The van der Waals surface area contributed by atoms with E-state index in [-0.39, 0.29) is 5.92 Å². The molecule has 1 aliphatic carbocycles. The molecule has 1 saturated carbocycles. The lowest BCUT2D eigenvalue weighted by Gasteiger charge is -2.37. The predicted molar refractivity (Wildman–Crippen MR) is 104 cm³/mol. The summed E-state index contributed by atoms with van der Waals surface area (Å²) in [5.41, 5.74) is -1.31. The highest BCUT2D eigenvalue weighted by molar-refractivity contribution is 5.79. The van der Waals surface area contributed by atoms with Crippen LogP contribution in [0.5, 0.6) is 0 Å². The maximum atomic E-state index is 11.9. The van der Waals surface area contributed by atoms with Crippen molar-refractivity contribution in [3.63, 3.8) is 0 Å². The lowest BCUT2D eigenvalue weighted by Crippen LogP contribution is -2.44. The smallest absolute Gasteiger partial charge is 0.340 e. The predicted octanol–water partition coefficient (Wildman–Crippen LogP) is 3.50. The standard InChI is InChI=1S/C22H31NO3/c1-3-23(4-2)17-9-8-10-18-13-15-20(16-14-18)22(26,21(24)25)19-11-6-5-7-12-19/h5-7,11-12,18,20,26H,3-4,10,13-17H2,1-2H3,(H,24,25)/t18?,20?,22-/m1/s1. The highest BCUT2D eigenvalue weighted by Gasteiger charge is 2.46. The zero-order chi connectivity index (χ0) is 19.0. The van der Waals surface area contributed by atoms with Gasteiger partial charge >= 0.3 is 5.97 Å². The van der Waals surface area contributed by atoms with Gasteiger partial charge in [0.1, 0.15) is 0 Å². The Hall–Kier alpha value is -1.83. The van der Waals surface area contributed by atoms with Crippen LogP contribution in [-0.4, -0.2) is 40.7 Å². The average molecular weight is 357 g/mol. The van der Waals surface area contributed by atoms with Crippen LogP contribution >= 0.6 is 0 Å². The van der Waals surface area contributed by atoms with E-state index in [1.807, 2.05) is 6.07 Å². The Morgan fingerprint density at radius 3 is 2.27 bits per heavy atom. The first-order valence-corrected chi connectivity index (χ1v) is 9.71. The summed E-state index contributed by atoms with van der Waals surface area (Å²) >= 11 is 0. The molecular formula is C22H31NO3. The van der Waals surface area contributed by atoms with E-state index in [0.717, 1.165) is 51.7 Å². The zero-order valence-corrected chi connectivity index (χ0v) is 15.9. The number of aliphatic carboxylic acids is 1. The number of carbonyl (C=O) groups is 1. The van der Waals surface area contributed by atoms with Crippen molar-refractivity contribution in [3.8, 4) is 11.8 Å². The van der Waals surface area contributed by atoms with E-state index in [4.69, 9.17) is 0 Å². The van der Waals surface area contributed by atoms with Gasteiger partial charge in [-0.2, -0.15) is 0 Å². The Balaban J connectivity index is 1.92. The molecule has 0 spiro atoms. The van der Waals surface area contributed by atoms with Crippen molar-refractivity contribution in [1.82, 2.24) is 4.90 Å². The van der Waals surface area contributed by atoms with Crippen LogP contribution in [0.2, 0.25) is 0 Å². The van der Waals surface area contributed by atoms with Crippen LogP contribution in [0.25, 0.3) is 0 Å².